The van der Waals surface area contributed by atoms with Gasteiger partial charge in [-0.15, -0.1) is 0 Å². The third-order valence-corrected chi connectivity index (χ3v) is 4.80. The first-order valence-electron chi connectivity index (χ1n) is 8.66. The van der Waals surface area contributed by atoms with Crippen LogP contribution in [0.2, 0.25) is 0 Å². The summed E-state index contributed by atoms with van der Waals surface area (Å²) in [6.45, 7) is 16.2. The Hall–Kier alpha value is -0.0400. The van der Waals surface area contributed by atoms with Gasteiger partial charge in [0.05, 0.1) is 0 Å². The summed E-state index contributed by atoms with van der Waals surface area (Å²) < 4.78 is 0. The van der Waals surface area contributed by atoms with Gasteiger partial charge >= 0.3 is 0 Å². The number of hydrogen-bond donors (Lipinski definition) is 0. The molecule has 0 N–H and O–H groups in total. The summed E-state index contributed by atoms with van der Waals surface area (Å²) >= 11 is 0. The van der Waals surface area contributed by atoms with Gasteiger partial charge in [0.25, 0.3) is 0 Å². The van der Waals surface area contributed by atoms with Gasteiger partial charge in [0.1, 0.15) is 0 Å². The lowest BCUT2D eigenvalue weighted by Gasteiger charge is -2.23. The third kappa shape index (κ3) is 9.49. The minimum absolute atomic E-state index is 0.754. The van der Waals surface area contributed by atoms with Crippen LogP contribution in [0.3, 0.4) is 0 Å². The maximum Gasteiger partial charge on any atom is 0.0161 e. The average Bonchev–Trinajstić information content (AvgIpc) is 2.41. The zero-order valence-electron chi connectivity index (χ0n) is 14.4. The Balaban J connectivity index is 3.70. The third-order valence-electron chi connectivity index (χ3n) is 4.80. The van der Waals surface area contributed by atoms with Gasteiger partial charge in [-0.2, -0.15) is 0 Å². The molecule has 4 unspecified atom stereocenters. The highest BCUT2D eigenvalue weighted by Crippen LogP contribution is 2.19. The molecule has 0 aliphatic carbocycles. The lowest BCUT2D eigenvalue weighted by molar-refractivity contribution is 0.299. The predicted molar refractivity (Wildman–Crippen MR) is 87.6 cm³/mol. The molecule has 0 aliphatic heterocycles. The molecule has 0 saturated heterocycles. The first-order valence-corrected chi connectivity index (χ1v) is 8.66. The summed E-state index contributed by atoms with van der Waals surface area (Å²) in [5.74, 6) is 3.17. The van der Waals surface area contributed by atoms with E-state index in [4.69, 9.17) is 5.32 Å². The minimum Gasteiger partial charge on any atom is -0.241 e. The van der Waals surface area contributed by atoms with Gasteiger partial charge in [0.2, 0.25) is 0 Å². The quantitative estimate of drug-likeness (QED) is 0.443. The van der Waals surface area contributed by atoms with E-state index in [2.05, 4.69) is 41.5 Å². The molecule has 19 heavy (non-hydrogen) atoms. The fourth-order valence-electron chi connectivity index (χ4n) is 2.46. The summed E-state index contributed by atoms with van der Waals surface area (Å²) in [5.41, 5.74) is 0. The van der Waals surface area contributed by atoms with Crippen molar-refractivity contribution in [1.82, 2.24) is 5.32 Å². The number of hydrogen-bond acceptors (Lipinski definition) is 0. The zero-order valence-corrected chi connectivity index (χ0v) is 14.4. The van der Waals surface area contributed by atoms with Crippen LogP contribution in [0.4, 0.5) is 0 Å². The van der Waals surface area contributed by atoms with Crippen molar-refractivity contribution in [2.75, 3.05) is 13.1 Å². The second-order valence-corrected chi connectivity index (χ2v) is 6.78. The van der Waals surface area contributed by atoms with E-state index in [9.17, 15) is 0 Å². The maximum atomic E-state index is 4.83. The van der Waals surface area contributed by atoms with Gasteiger partial charge in [-0.25, -0.2) is 5.32 Å². The SMILES string of the molecule is CCCCC(C)C(C)C[N]CC(C)C(C)CCCC. The lowest BCUT2D eigenvalue weighted by atomic mass is 9.89. The van der Waals surface area contributed by atoms with Crippen LogP contribution in [0.15, 0.2) is 0 Å². The maximum absolute atomic E-state index is 4.83. The molecule has 0 bridgehead atoms. The van der Waals surface area contributed by atoms with Gasteiger partial charge in [-0.1, -0.05) is 80.1 Å². The van der Waals surface area contributed by atoms with Gasteiger partial charge < -0.3 is 0 Å². The molecule has 0 saturated carbocycles. The Labute approximate surface area is 122 Å². The van der Waals surface area contributed by atoms with E-state index in [-0.39, 0.29) is 0 Å². The van der Waals surface area contributed by atoms with Crippen LogP contribution in [0, 0.1) is 23.7 Å². The van der Waals surface area contributed by atoms with Crippen LogP contribution in [-0.4, -0.2) is 13.1 Å². The highest BCUT2D eigenvalue weighted by Gasteiger charge is 2.15. The van der Waals surface area contributed by atoms with Crippen molar-refractivity contribution in [3.8, 4) is 0 Å². The van der Waals surface area contributed by atoms with E-state index in [0.717, 1.165) is 36.8 Å². The topological polar surface area (TPSA) is 14.1 Å². The summed E-state index contributed by atoms with van der Waals surface area (Å²) in [6, 6.07) is 0. The van der Waals surface area contributed by atoms with E-state index < -0.39 is 0 Å². The van der Waals surface area contributed by atoms with E-state index in [1.807, 2.05) is 0 Å². The molecule has 0 aromatic rings. The van der Waals surface area contributed by atoms with Crippen LogP contribution in [0.5, 0.6) is 0 Å². The van der Waals surface area contributed by atoms with E-state index in [1.54, 1.807) is 0 Å². The smallest absolute Gasteiger partial charge is 0.0161 e. The van der Waals surface area contributed by atoms with Gasteiger partial charge in [0, 0.05) is 13.1 Å². The Morgan fingerprint density at radius 1 is 0.632 bits per heavy atom. The van der Waals surface area contributed by atoms with Crippen molar-refractivity contribution in [3.63, 3.8) is 0 Å². The summed E-state index contributed by atoms with van der Waals surface area (Å²) in [7, 11) is 0. The van der Waals surface area contributed by atoms with Crippen molar-refractivity contribution in [1.29, 1.82) is 0 Å². The van der Waals surface area contributed by atoms with E-state index in [1.165, 1.54) is 38.5 Å². The molecule has 115 valence electrons. The van der Waals surface area contributed by atoms with Gasteiger partial charge in [-0.3, -0.25) is 0 Å². The fraction of sp³-hybridized carbons (Fsp3) is 1.00. The molecule has 0 spiro atoms. The average molecular weight is 269 g/mol. The Morgan fingerprint density at radius 2 is 1.00 bits per heavy atom. The van der Waals surface area contributed by atoms with Crippen molar-refractivity contribution in [3.05, 3.63) is 0 Å². The van der Waals surface area contributed by atoms with Crippen LogP contribution in [-0.2, 0) is 0 Å². The van der Waals surface area contributed by atoms with Crippen LogP contribution in [0.1, 0.15) is 80.1 Å². The molecule has 1 nitrogen and oxygen atoms in total. The van der Waals surface area contributed by atoms with Crippen LogP contribution >= 0.6 is 0 Å². The first-order chi connectivity index (χ1) is 9.02. The largest absolute Gasteiger partial charge is 0.241 e. The van der Waals surface area contributed by atoms with Gasteiger partial charge in [-0.05, 0) is 23.7 Å². The Morgan fingerprint density at radius 3 is 1.32 bits per heavy atom. The number of unbranched alkanes of at least 4 members (excludes halogenated alkanes) is 2. The molecule has 0 aromatic carbocycles. The molecular formula is C18H38N. The summed E-state index contributed by atoms with van der Waals surface area (Å²) in [4.78, 5) is 0. The van der Waals surface area contributed by atoms with E-state index in [0.29, 0.717) is 0 Å². The van der Waals surface area contributed by atoms with Crippen LogP contribution < -0.4 is 5.32 Å². The molecule has 0 aliphatic rings. The van der Waals surface area contributed by atoms with Gasteiger partial charge in [0.15, 0.2) is 0 Å². The van der Waals surface area contributed by atoms with Crippen molar-refractivity contribution >= 4 is 0 Å². The molecule has 0 amide bonds. The zero-order chi connectivity index (χ0) is 14.7. The highest BCUT2D eigenvalue weighted by molar-refractivity contribution is 4.68. The summed E-state index contributed by atoms with van der Waals surface area (Å²) in [6.07, 6.45) is 8.12. The molecule has 0 aromatic heterocycles. The molecule has 1 radical (unpaired) electrons. The normalized spacial score (nSPS) is 18.0. The van der Waals surface area contributed by atoms with Crippen molar-refractivity contribution in [2.24, 2.45) is 23.7 Å². The number of nitrogens with zero attached hydrogens (tertiary/aromatic N) is 1. The van der Waals surface area contributed by atoms with Crippen molar-refractivity contribution in [2.45, 2.75) is 80.1 Å². The monoisotopic (exact) mass is 268 g/mol. The minimum atomic E-state index is 0.754. The fourth-order valence-corrected chi connectivity index (χ4v) is 2.46. The molecule has 1 heteroatoms. The lowest BCUT2D eigenvalue weighted by Crippen LogP contribution is -2.26. The predicted octanol–water partition coefficient (Wildman–Crippen LogP) is 5.52. The highest BCUT2D eigenvalue weighted by atomic mass is 14.9. The molecule has 4 atom stereocenters. The van der Waals surface area contributed by atoms with E-state index >= 15 is 0 Å². The molecule has 0 fully saturated rings. The standard InChI is InChI=1S/C18H38N/c1-7-9-11-15(3)17(5)13-19-14-18(6)16(4)12-10-8-2/h15-18H,7-14H2,1-6H3. The Bertz CT molecular complexity index is 170. The molecule has 0 rings (SSSR count). The van der Waals surface area contributed by atoms with Crippen molar-refractivity contribution < 1.29 is 0 Å². The summed E-state index contributed by atoms with van der Waals surface area (Å²) in [5, 5.41) is 4.83. The number of rotatable bonds is 12. The second kappa shape index (κ2) is 11.8. The second-order valence-electron chi connectivity index (χ2n) is 6.78. The van der Waals surface area contributed by atoms with Crippen LogP contribution in [0.25, 0.3) is 0 Å². The Kier molecular flexibility index (Phi) is 11.7. The molecular weight excluding hydrogens is 230 g/mol. The molecule has 0 heterocycles. The first kappa shape index (κ1) is 19.0.